The number of hydrogen-bond donors (Lipinski definition) is 2. The van der Waals surface area contributed by atoms with Gasteiger partial charge in [0.1, 0.15) is 11.4 Å². The number of carbonyl (C=O) groups excluding carboxylic acids is 3. The van der Waals surface area contributed by atoms with Crippen LogP contribution in [0.25, 0.3) is 0 Å². The van der Waals surface area contributed by atoms with E-state index in [1.54, 1.807) is 30.3 Å². The molecular weight excluding hydrogens is 312 g/mol. The molecule has 0 radical (unpaired) electrons. The van der Waals surface area contributed by atoms with Gasteiger partial charge >= 0.3 is 5.97 Å². The topological polar surface area (TPSA) is 100 Å². The summed E-state index contributed by atoms with van der Waals surface area (Å²) < 4.78 is 0. The van der Waals surface area contributed by atoms with E-state index in [2.05, 4.69) is 27.3 Å². The molecule has 1 heterocycles. The molecular formula is C16H16N4O4. The number of hydrogen-bond acceptors (Lipinski definition) is 6. The first-order valence-corrected chi connectivity index (χ1v) is 7.02. The van der Waals surface area contributed by atoms with Crippen LogP contribution >= 0.6 is 0 Å². The highest BCUT2D eigenvalue weighted by atomic mass is 16.7. The lowest BCUT2D eigenvalue weighted by Gasteiger charge is -2.08. The molecule has 1 aliphatic rings. The Labute approximate surface area is 138 Å². The maximum atomic E-state index is 12.2. The average Bonchev–Trinajstić information content (AvgIpc) is 2.91. The van der Waals surface area contributed by atoms with Gasteiger partial charge < -0.3 is 10.2 Å². The number of amides is 2. The van der Waals surface area contributed by atoms with Gasteiger partial charge in [-0.3, -0.25) is 14.6 Å². The highest BCUT2D eigenvalue weighted by Gasteiger charge is 2.26. The van der Waals surface area contributed by atoms with Crippen LogP contribution in [0.2, 0.25) is 0 Å². The largest absolute Gasteiger partial charge is 0.376 e. The van der Waals surface area contributed by atoms with Crippen LogP contribution in [0.15, 0.2) is 59.8 Å². The summed E-state index contributed by atoms with van der Waals surface area (Å²) in [7, 11) is 1.52. The van der Waals surface area contributed by atoms with Gasteiger partial charge in [0.25, 0.3) is 11.8 Å². The van der Waals surface area contributed by atoms with Crippen LogP contribution in [0.5, 0.6) is 0 Å². The number of benzene rings is 1. The molecule has 0 bridgehead atoms. The molecule has 1 fully saturated rings. The molecule has 1 aromatic rings. The van der Waals surface area contributed by atoms with Crippen LogP contribution in [-0.4, -0.2) is 42.1 Å². The average molecular weight is 328 g/mol. The fourth-order valence-electron chi connectivity index (χ4n) is 1.79. The van der Waals surface area contributed by atoms with Crippen molar-refractivity contribution in [2.45, 2.75) is 0 Å². The van der Waals surface area contributed by atoms with Crippen LogP contribution in [0.3, 0.4) is 0 Å². The Bertz CT molecular complexity index is 725. The van der Waals surface area contributed by atoms with Crippen LogP contribution in [0, 0.1) is 0 Å². The van der Waals surface area contributed by atoms with Crippen LogP contribution < -0.4 is 10.9 Å². The van der Waals surface area contributed by atoms with Gasteiger partial charge in [-0.15, -0.1) is 6.58 Å². The third-order valence-electron chi connectivity index (χ3n) is 3.00. The number of carbonyl (C=O) groups is 3. The molecule has 0 aromatic heterocycles. The molecule has 8 heteroatoms. The fourth-order valence-corrected chi connectivity index (χ4v) is 1.79. The van der Waals surface area contributed by atoms with Crippen molar-refractivity contribution in [2.24, 2.45) is 4.99 Å². The molecule has 124 valence electrons. The van der Waals surface area contributed by atoms with Crippen molar-refractivity contribution in [2.75, 3.05) is 13.6 Å². The lowest BCUT2D eigenvalue weighted by atomic mass is 10.2. The van der Waals surface area contributed by atoms with Crippen molar-refractivity contribution in [1.82, 2.24) is 15.9 Å². The maximum Gasteiger partial charge on any atom is 0.376 e. The first-order chi connectivity index (χ1) is 11.5. The first kappa shape index (κ1) is 17.1. The summed E-state index contributed by atoms with van der Waals surface area (Å²) in [4.78, 5) is 44.5. The van der Waals surface area contributed by atoms with Gasteiger partial charge in [-0.05, 0) is 12.1 Å². The summed E-state index contributed by atoms with van der Waals surface area (Å²) >= 11 is 0. The summed E-state index contributed by atoms with van der Waals surface area (Å²) in [6, 6.07) is 8.29. The predicted molar refractivity (Wildman–Crippen MR) is 86.5 cm³/mol. The van der Waals surface area contributed by atoms with Gasteiger partial charge in [0.15, 0.2) is 0 Å². The third-order valence-corrected chi connectivity index (χ3v) is 3.00. The molecule has 2 amide bonds. The van der Waals surface area contributed by atoms with Crippen molar-refractivity contribution >= 4 is 23.5 Å². The number of rotatable bonds is 5. The second-order valence-corrected chi connectivity index (χ2v) is 4.74. The maximum absolute atomic E-state index is 12.2. The van der Waals surface area contributed by atoms with Gasteiger partial charge in [-0.1, -0.05) is 29.9 Å². The second kappa shape index (κ2) is 7.84. The minimum Gasteiger partial charge on any atom is -0.347 e. The highest BCUT2D eigenvalue weighted by Crippen LogP contribution is 2.09. The smallest absolute Gasteiger partial charge is 0.347 e. The van der Waals surface area contributed by atoms with Crippen molar-refractivity contribution < 1.29 is 19.2 Å². The van der Waals surface area contributed by atoms with E-state index in [4.69, 9.17) is 0 Å². The standard InChI is InChI=1S/C16H16N4O4/c1-3-9-17-15(22)12(10-13-16(23)24-19-20(13)2)18-14(21)11-7-5-4-6-8-11/h3-8,10,19H,1,9H2,2H3,(H,17,22)/b13-10+,18-12?. The zero-order valence-corrected chi connectivity index (χ0v) is 13.0. The Morgan fingerprint density at radius 2 is 2.08 bits per heavy atom. The molecule has 2 rings (SSSR count). The SMILES string of the molecule is C=CCNC(=O)C(/C=C1\C(=O)ONN1C)=NC(=O)c1ccccc1. The molecule has 0 aliphatic carbocycles. The van der Waals surface area contributed by atoms with Gasteiger partial charge in [0.2, 0.25) is 0 Å². The summed E-state index contributed by atoms with van der Waals surface area (Å²) in [5, 5.41) is 3.79. The molecule has 0 saturated carbocycles. The van der Waals surface area contributed by atoms with Crippen LogP contribution in [0.1, 0.15) is 10.4 Å². The zero-order chi connectivity index (χ0) is 17.5. The summed E-state index contributed by atoms with van der Waals surface area (Å²) in [5.74, 6) is -1.90. The first-order valence-electron chi connectivity index (χ1n) is 7.02. The van der Waals surface area contributed by atoms with E-state index in [-0.39, 0.29) is 18.0 Å². The van der Waals surface area contributed by atoms with Gasteiger partial charge in [0.05, 0.1) is 0 Å². The van der Waals surface area contributed by atoms with E-state index < -0.39 is 17.8 Å². The zero-order valence-electron chi connectivity index (χ0n) is 13.0. The van der Waals surface area contributed by atoms with E-state index >= 15 is 0 Å². The molecule has 0 atom stereocenters. The Balaban J connectivity index is 2.35. The minimum absolute atomic E-state index is 0.0448. The molecule has 1 aliphatic heterocycles. The van der Waals surface area contributed by atoms with Crippen molar-refractivity contribution in [3.05, 3.63) is 60.3 Å². The monoisotopic (exact) mass is 328 g/mol. The normalized spacial score (nSPS) is 16.0. The molecule has 24 heavy (non-hydrogen) atoms. The Morgan fingerprint density at radius 3 is 2.67 bits per heavy atom. The third kappa shape index (κ3) is 4.14. The quantitative estimate of drug-likeness (QED) is 0.460. The van der Waals surface area contributed by atoms with Crippen molar-refractivity contribution in [3.8, 4) is 0 Å². The number of nitrogens with zero attached hydrogens (tertiary/aromatic N) is 2. The molecule has 2 N–H and O–H groups in total. The van der Waals surface area contributed by atoms with Crippen LogP contribution in [0.4, 0.5) is 0 Å². The van der Waals surface area contributed by atoms with E-state index in [0.717, 1.165) is 0 Å². The lowest BCUT2D eigenvalue weighted by Crippen LogP contribution is -2.32. The van der Waals surface area contributed by atoms with E-state index in [0.29, 0.717) is 5.56 Å². The van der Waals surface area contributed by atoms with Gasteiger partial charge in [0, 0.05) is 25.2 Å². The number of aliphatic imine (C=N–C) groups is 1. The van der Waals surface area contributed by atoms with E-state index in [9.17, 15) is 14.4 Å². The predicted octanol–water partition coefficient (Wildman–Crippen LogP) is 0.362. The summed E-state index contributed by atoms with van der Waals surface area (Å²) in [6.07, 6.45) is 2.67. The van der Waals surface area contributed by atoms with Crippen LogP contribution in [-0.2, 0) is 14.4 Å². The molecule has 0 spiro atoms. The number of nitrogens with one attached hydrogen (secondary N) is 2. The fraction of sp³-hybridized carbons (Fsp3) is 0.125. The second-order valence-electron chi connectivity index (χ2n) is 4.74. The molecule has 1 saturated heterocycles. The Hall–Kier alpha value is -3.26. The molecule has 8 nitrogen and oxygen atoms in total. The highest BCUT2D eigenvalue weighted by molar-refractivity contribution is 6.45. The summed E-state index contributed by atoms with van der Waals surface area (Å²) in [5.41, 5.74) is 2.47. The van der Waals surface area contributed by atoms with Crippen molar-refractivity contribution in [3.63, 3.8) is 0 Å². The number of hydrazine groups is 1. The van der Waals surface area contributed by atoms with E-state index in [1.807, 2.05) is 0 Å². The molecule has 1 aromatic carbocycles. The minimum atomic E-state index is -0.686. The Morgan fingerprint density at radius 1 is 1.38 bits per heavy atom. The molecule has 0 unspecified atom stereocenters. The van der Waals surface area contributed by atoms with Crippen molar-refractivity contribution in [1.29, 1.82) is 0 Å². The Kier molecular flexibility index (Phi) is 5.58. The van der Waals surface area contributed by atoms with Gasteiger partial charge in [-0.25, -0.2) is 9.79 Å². The summed E-state index contributed by atoms with van der Waals surface area (Å²) in [6.45, 7) is 3.69. The number of likely N-dealkylation sites (N-methyl/N-ethyl adjacent to an activating group) is 1. The van der Waals surface area contributed by atoms with Gasteiger partial charge in [-0.2, -0.15) is 0 Å². The lowest BCUT2D eigenvalue weighted by molar-refractivity contribution is -0.142. The van der Waals surface area contributed by atoms with E-state index in [1.165, 1.54) is 24.2 Å².